The highest BCUT2D eigenvalue weighted by Gasteiger charge is 2.42. The lowest BCUT2D eigenvalue weighted by atomic mass is 10.2. The summed E-state index contributed by atoms with van der Waals surface area (Å²) < 4.78 is 29.1. The summed E-state index contributed by atoms with van der Waals surface area (Å²) in [6.45, 7) is 14.5. The number of ether oxygens (including phenoxy) is 3. The van der Waals surface area contributed by atoms with Gasteiger partial charge in [0, 0.05) is 36.4 Å². The molecule has 3 aromatic heterocycles. The Kier molecular flexibility index (Phi) is 9.54. The maximum absolute atomic E-state index is 12.6. The van der Waals surface area contributed by atoms with Crippen LogP contribution in [0.25, 0.3) is 0 Å². The molecular formula is C29H43N7O9Si. The summed E-state index contributed by atoms with van der Waals surface area (Å²) in [5.74, 6) is 0. The molecule has 17 heteroatoms. The van der Waals surface area contributed by atoms with Gasteiger partial charge in [-0.3, -0.25) is 28.7 Å². The van der Waals surface area contributed by atoms with Gasteiger partial charge in [0.15, 0.2) is 8.32 Å². The van der Waals surface area contributed by atoms with Gasteiger partial charge in [0.25, 0.3) is 11.1 Å². The summed E-state index contributed by atoms with van der Waals surface area (Å²) in [4.78, 5) is 53.2. The van der Waals surface area contributed by atoms with Crippen LogP contribution in [0.5, 0.6) is 0 Å². The van der Waals surface area contributed by atoms with Crippen molar-refractivity contribution in [3.05, 3.63) is 77.1 Å². The minimum atomic E-state index is -2.12. The van der Waals surface area contributed by atoms with Gasteiger partial charge in [0.05, 0.1) is 38.2 Å². The van der Waals surface area contributed by atoms with Crippen LogP contribution in [-0.4, -0.2) is 78.5 Å². The Hall–Kier alpha value is -3.48. The predicted octanol–water partition coefficient (Wildman–Crippen LogP) is 0.838. The molecule has 5 heterocycles. The van der Waals surface area contributed by atoms with Gasteiger partial charge in [-0.1, -0.05) is 26.0 Å². The van der Waals surface area contributed by atoms with E-state index in [1.807, 2.05) is 0 Å². The van der Waals surface area contributed by atoms with Gasteiger partial charge in [-0.25, -0.2) is 14.3 Å². The first-order valence-electron chi connectivity index (χ1n) is 15.3. The number of hydrogen-bond acceptors (Lipinski definition) is 11. The average Bonchev–Trinajstić information content (AvgIpc) is 3.69. The molecule has 0 radical (unpaired) electrons. The predicted molar refractivity (Wildman–Crippen MR) is 167 cm³/mol. The lowest BCUT2D eigenvalue weighted by Gasteiger charge is -2.37. The van der Waals surface area contributed by atoms with E-state index in [0.29, 0.717) is 23.2 Å². The van der Waals surface area contributed by atoms with E-state index in [1.165, 1.54) is 26.2 Å². The number of aromatic amines is 2. The molecule has 2 aliphatic heterocycles. The van der Waals surface area contributed by atoms with Crippen molar-refractivity contribution in [2.75, 3.05) is 6.61 Å². The van der Waals surface area contributed by atoms with E-state index < -0.39 is 67.7 Å². The second-order valence-electron chi connectivity index (χ2n) is 13.6. The first kappa shape index (κ1) is 33.9. The largest absolute Gasteiger partial charge is 0.414 e. The van der Waals surface area contributed by atoms with Gasteiger partial charge >= 0.3 is 11.4 Å². The smallest absolute Gasteiger partial charge is 0.330 e. The van der Waals surface area contributed by atoms with E-state index in [2.05, 4.69) is 54.1 Å². The van der Waals surface area contributed by atoms with E-state index in [1.54, 1.807) is 20.0 Å². The van der Waals surface area contributed by atoms with Crippen molar-refractivity contribution >= 4 is 8.32 Å². The number of rotatable bonds is 10. The summed E-state index contributed by atoms with van der Waals surface area (Å²) >= 11 is 0. The van der Waals surface area contributed by atoms with Crippen molar-refractivity contribution in [3.8, 4) is 0 Å². The Balaban J connectivity index is 1.24. The van der Waals surface area contributed by atoms with E-state index in [0.717, 1.165) is 0 Å². The molecule has 5 rings (SSSR count). The minimum absolute atomic E-state index is 0.0155. The van der Waals surface area contributed by atoms with Gasteiger partial charge in [0.1, 0.15) is 30.4 Å². The highest BCUT2D eigenvalue weighted by Crippen LogP contribution is 2.38. The molecule has 0 saturated carbocycles. The second-order valence-corrected chi connectivity index (χ2v) is 18.4. The van der Waals surface area contributed by atoms with E-state index in [-0.39, 0.29) is 31.2 Å². The summed E-state index contributed by atoms with van der Waals surface area (Å²) in [6.07, 6.45) is 1.24. The average molecular weight is 662 g/mol. The molecule has 0 aromatic carbocycles. The number of nitrogens with one attached hydrogen (secondary N) is 2. The van der Waals surface area contributed by atoms with Crippen LogP contribution in [0.15, 0.2) is 37.8 Å². The molecule has 0 amide bonds. The molecule has 3 aromatic rings. The van der Waals surface area contributed by atoms with Gasteiger partial charge in [0.2, 0.25) is 0 Å². The van der Waals surface area contributed by atoms with E-state index in [4.69, 9.17) is 18.6 Å². The Morgan fingerprint density at radius 3 is 2.09 bits per heavy atom. The molecule has 2 fully saturated rings. The third kappa shape index (κ3) is 7.23. The van der Waals surface area contributed by atoms with Crippen molar-refractivity contribution in [1.29, 1.82) is 0 Å². The highest BCUT2D eigenvalue weighted by molar-refractivity contribution is 6.74. The van der Waals surface area contributed by atoms with Crippen LogP contribution in [0, 0.1) is 13.8 Å². The van der Waals surface area contributed by atoms with Gasteiger partial charge in [-0.2, -0.15) is 0 Å². The number of hydrogen-bond donors (Lipinski definition) is 3. The molecule has 0 aliphatic carbocycles. The summed E-state index contributed by atoms with van der Waals surface area (Å²) in [7, 11) is -2.12. The molecule has 2 aliphatic rings. The van der Waals surface area contributed by atoms with E-state index >= 15 is 0 Å². The first-order chi connectivity index (χ1) is 21.5. The van der Waals surface area contributed by atoms with Crippen LogP contribution in [0.3, 0.4) is 0 Å². The zero-order valence-electron chi connectivity index (χ0n) is 27.2. The number of H-pyrrole nitrogens is 2. The monoisotopic (exact) mass is 661 g/mol. The second kappa shape index (κ2) is 13.0. The highest BCUT2D eigenvalue weighted by atomic mass is 28.4. The fraction of sp³-hybridized carbons (Fsp3) is 0.655. The molecule has 3 N–H and O–H groups in total. The molecule has 46 heavy (non-hydrogen) atoms. The fourth-order valence-electron chi connectivity index (χ4n) is 5.22. The summed E-state index contributed by atoms with van der Waals surface area (Å²) in [6, 6.07) is 0. The van der Waals surface area contributed by atoms with Crippen LogP contribution in [-0.2, 0) is 31.8 Å². The fourth-order valence-corrected chi connectivity index (χ4v) is 6.24. The van der Waals surface area contributed by atoms with Gasteiger partial charge in [-0.15, -0.1) is 5.10 Å². The molecule has 0 spiro atoms. The van der Waals surface area contributed by atoms with Crippen LogP contribution in [0.4, 0.5) is 0 Å². The Labute approximate surface area is 265 Å². The van der Waals surface area contributed by atoms with Crippen LogP contribution < -0.4 is 22.5 Å². The van der Waals surface area contributed by atoms with Crippen molar-refractivity contribution in [2.24, 2.45) is 0 Å². The zero-order chi connectivity index (χ0) is 33.6. The van der Waals surface area contributed by atoms with Crippen LogP contribution in [0.2, 0.25) is 18.1 Å². The quantitative estimate of drug-likeness (QED) is 0.260. The molecule has 0 unspecified atom stereocenters. The third-order valence-corrected chi connectivity index (χ3v) is 13.6. The third-order valence-electron chi connectivity index (χ3n) is 9.11. The number of aliphatic hydroxyl groups is 1. The number of aliphatic hydroxyl groups excluding tert-OH is 1. The number of aromatic nitrogens is 7. The minimum Gasteiger partial charge on any atom is -0.414 e. The maximum atomic E-state index is 12.6. The Bertz CT molecular complexity index is 1790. The standard InChI is InChI=1S/C29H43N7O9Si/c1-16-10-35(27(40)30-25(16)38)23-8-19(37)21(44-23)13-34-12-18(32-33-34)14-42-20-9-24(36-11-17(2)26(39)31-28(36)41)45-22(20)15-43-46(6,7)29(3,4)5/h10-12,19-24,37H,8-9,13-15H2,1-7H3,(H,30,38,40)(H,31,39,41)/t19-,20-,21+,22+,23+,24+/m0/s1. The Morgan fingerprint density at radius 1 is 0.935 bits per heavy atom. The summed E-state index contributed by atoms with van der Waals surface area (Å²) in [5.41, 5.74) is -0.811. The van der Waals surface area contributed by atoms with Crippen LogP contribution in [0.1, 0.15) is 62.9 Å². The maximum Gasteiger partial charge on any atom is 0.330 e. The summed E-state index contributed by atoms with van der Waals surface area (Å²) in [5, 5.41) is 19.0. The van der Waals surface area contributed by atoms with Crippen molar-refractivity contribution < 1.29 is 23.7 Å². The Morgan fingerprint density at radius 2 is 1.50 bits per heavy atom. The number of nitrogens with zero attached hydrogens (tertiary/aromatic N) is 5. The van der Waals surface area contributed by atoms with Crippen molar-refractivity contribution in [1.82, 2.24) is 34.1 Å². The lowest BCUT2D eigenvalue weighted by Crippen LogP contribution is -2.44. The topological polar surface area (TPSA) is 198 Å². The first-order valence-corrected chi connectivity index (χ1v) is 18.2. The molecular weight excluding hydrogens is 618 g/mol. The van der Waals surface area contributed by atoms with E-state index in [9.17, 15) is 24.3 Å². The van der Waals surface area contributed by atoms with Crippen LogP contribution >= 0.6 is 0 Å². The normalized spacial score (nSPS) is 25.4. The lowest BCUT2D eigenvalue weighted by molar-refractivity contribution is -0.0638. The SMILES string of the molecule is Cc1cn([C@H]2C[C@H](OCc3cn(C[C@H]4O[C@@H](n5cc(C)c(=O)[nH]c5=O)C[C@@H]4O)nn3)[C@@H](CO[Si](C)(C)C(C)(C)C)O2)c(=O)[nH]c1=O. The van der Waals surface area contributed by atoms with Crippen molar-refractivity contribution in [3.63, 3.8) is 0 Å². The molecule has 2 saturated heterocycles. The molecule has 252 valence electrons. The molecule has 0 bridgehead atoms. The number of aryl methyl sites for hydroxylation is 2. The zero-order valence-corrected chi connectivity index (χ0v) is 28.2. The van der Waals surface area contributed by atoms with Gasteiger partial charge < -0.3 is 23.7 Å². The van der Waals surface area contributed by atoms with Crippen molar-refractivity contribution in [2.45, 2.75) is 116 Å². The molecule has 6 atom stereocenters. The van der Waals surface area contributed by atoms with Gasteiger partial charge in [-0.05, 0) is 32.0 Å². The molecule has 16 nitrogen and oxygen atoms in total.